The van der Waals surface area contributed by atoms with Crippen LogP contribution in [0.25, 0.3) is 0 Å². The minimum absolute atomic E-state index is 0.00865. The molecular weight excluding hydrogens is 254 g/mol. The lowest BCUT2D eigenvalue weighted by Gasteiger charge is -2.14. The summed E-state index contributed by atoms with van der Waals surface area (Å²) in [6.45, 7) is 6.22. The van der Waals surface area contributed by atoms with Gasteiger partial charge >= 0.3 is 0 Å². The van der Waals surface area contributed by atoms with Gasteiger partial charge in [0.15, 0.2) is 0 Å². The first-order valence-corrected chi connectivity index (χ1v) is 7.24. The molecule has 0 saturated heterocycles. The van der Waals surface area contributed by atoms with E-state index in [1.54, 1.807) is 0 Å². The Balaban J connectivity index is 2.43. The van der Waals surface area contributed by atoms with Crippen molar-refractivity contribution in [3.8, 4) is 5.75 Å². The van der Waals surface area contributed by atoms with E-state index in [4.69, 9.17) is 4.74 Å². The van der Waals surface area contributed by atoms with Crippen molar-refractivity contribution < 1.29 is 14.6 Å². The highest BCUT2D eigenvalue weighted by atomic mass is 16.5. The molecule has 2 N–H and O–H groups in total. The number of ether oxygens (including phenoxy) is 1. The predicted octanol–water partition coefficient (Wildman–Crippen LogP) is 2.81. The molecule has 0 spiro atoms. The van der Waals surface area contributed by atoms with E-state index in [1.165, 1.54) is 0 Å². The van der Waals surface area contributed by atoms with Crippen molar-refractivity contribution >= 4 is 5.91 Å². The highest BCUT2D eigenvalue weighted by Crippen LogP contribution is 2.18. The highest BCUT2D eigenvalue weighted by molar-refractivity contribution is 5.75. The number of hydrogen-bond acceptors (Lipinski definition) is 3. The van der Waals surface area contributed by atoms with Crippen LogP contribution in [-0.4, -0.2) is 23.7 Å². The average Bonchev–Trinajstić information content (AvgIpc) is 2.42. The molecule has 1 rings (SSSR count). The third-order valence-electron chi connectivity index (χ3n) is 2.89. The van der Waals surface area contributed by atoms with Crippen molar-refractivity contribution in [1.82, 2.24) is 5.32 Å². The number of amides is 1. The van der Waals surface area contributed by atoms with Gasteiger partial charge in [-0.25, -0.2) is 0 Å². The van der Waals surface area contributed by atoms with Gasteiger partial charge in [-0.1, -0.05) is 25.5 Å². The van der Waals surface area contributed by atoms with E-state index >= 15 is 0 Å². The first-order valence-electron chi connectivity index (χ1n) is 7.24. The van der Waals surface area contributed by atoms with Crippen LogP contribution >= 0.6 is 0 Å². The Morgan fingerprint density at radius 3 is 2.50 bits per heavy atom. The molecule has 0 aliphatic rings. The van der Waals surface area contributed by atoms with Gasteiger partial charge in [-0.2, -0.15) is 0 Å². The minimum Gasteiger partial charge on any atom is -0.491 e. The third kappa shape index (κ3) is 6.06. The smallest absolute Gasteiger partial charge is 0.220 e. The van der Waals surface area contributed by atoms with Gasteiger partial charge in [0.2, 0.25) is 5.91 Å². The second-order valence-electron chi connectivity index (χ2n) is 5.16. The van der Waals surface area contributed by atoms with E-state index in [0.29, 0.717) is 6.42 Å². The van der Waals surface area contributed by atoms with Gasteiger partial charge < -0.3 is 15.2 Å². The molecule has 1 unspecified atom stereocenters. The number of carbonyl (C=O) groups excluding carboxylic acids is 1. The maximum atomic E-state index is 11.5. The van der Waals surface area contributed by atoms with E-state index < -0.39 is 6.10 Å². The summed E-state index contributed by atoms with van der Waals surface area (Å²) in [5, 5.41) is 12.8. The lowest BCUT2D eigenvalue weighted by molar-refractivity contribution is -0.121. The van der Waals surface area contributed by atoms with Crippen molar-refractivity contribution in [2.75, 3.05) is 6.54 Å². The number of hydrogen-bond donors (Lipinski definition) is 2. The Kier molecular flexibility index (Phi) is 7.09. The molecule has 1 amide bonds. The van der Waals surface area contributed by atoms with Gasteiger partial charge in [-0.3, -0.25) is 4.79 Å². The molecule has 0 aliphatic carbocycles. The maximum Gasteiger partial charge on any atom is 0.220 e. The molecule has 0 saturated carbocycles. The van der Waals surface area contributed by atoms with Crippen molar-refractivity contribution in [3.05, 3.63) is 29.8 Å². The summed E-state index contributed by atoms with van der Waals surface area (Å²) in [5.74, 6) is 0.772. The highest BCUT2D eigenvalue weighted by Gasteiger charge is 2.09. The molecule has 0 radical (unpaired) electrons. The zero-order chi connectivity index (χ0) is 15.0. The number of carbonyl (C=O) groups is 1. The fraction of sp³-hybridized carbons (Fsp3) is 0.562. The second-order valence-corrected chi connectivity index (χ2v) is 5.16. The SMILES string of the molecule is CCCCC(=O)NCC(O)c1ccc(OC(C)C)cc1. The van der Waals surface area contributed by atoms with Gasteiger partial charge in [0.1, 0.15) is 5.75 Å². The maximum absolute atomic E-state index is 11.5. The number of aliphatic hydroxyl groups is 1. The molecule has 0 aromatic heterocycles. The van der Waals surface area contributed by atoms with Crippen LogP contribution < -0.4 is 10.1 Å². The largest absolute Gasteiger partial charge is 0.491 e. The Hall–Kier alpha value is -1.55. The normalized spacial score (nSPS) is 12.2. The Morgan fingerprint density at radius 2 is 1.95 bits per heavy atom. The lowest BCUT2D eigenvalue weighted by Crippen LogP contribution is -2.28. The van der Waals surface area contributed by atoms with E-state index in [9.17, 15) is 9.90 Å². The van der Waals surface area contributed by atoms with Crippen LogP contribution in [0, 0.1) is 0 Å². The van der Waals surface area contributed by atoms with E-state index in [0.717, 1.165) is 24.2 Å². The molecule has 112 valence electrons. The summed E-state index contributed by atoms with van der Waals surface area (Å²) in [6.07, 6.45) is 1.83. The monoisotopic (exact) mass is 279 g/mol. The molecule has 0 heterocycles. The molecule has 0 fully saturated rings. The molecule has 4 nitrogen and oxygen atoms in total. The topological polar surface area (TPSA) is 58.6 Å². The Bertz CT molecular complexity index is 401. The first-order chi connectivity index (χ1) is 9.52. The first kappa shape index (κ1) is 16.5. The molecule has 0 aliphatic heterocycles. The molecule has 20 heavy (non-hydrogen) atoms. The van der Waals surface area contributed by atoms with Crippen LogP contribution in [-0.2, 0) is 4.79 Å². The summed E-state index contributed by atoms with van der Waals surface area (Å²) in [5.41, 5.74) is 0.775. The fourth-order valence-corrected chi connectivity index (χ4v) is 1.79. The second kappa shape index (κ2) is 8.59. The number of rotatable bonds is 8. The molecule has 1 atom stereocenters. The summed E-state index contributed by atoms with van der Waals surface area (Å²) in [7, 11) is 0. The van der Waals surface area contributed by atoms with Crippen LogP contribution in [0.2, 0.25) is 0 Å². The van der Waals surface area contributed by atoms with Crippen LogP contribution in [0.1, 0.15) is 51.7 Å². The van der Waals surface area contributed by atoms with Gasteiger partial charge in [-0.15, -0.1) is 0 Å². The lowest BCUT2D eigenvalue weighted by atomic mass is 10.1. The average molecular weight is 279 g/mol. The summed E-state index contributed by atoms with van der Waals surface area (Å²) >= 11 is 0. The Labute approximate surface area is 121 Å². The van der Waals surface area contributed by atoms with Gasteiger partial charge in [0.05, 0.1) is 12.2 Å². The molecule has 0 bridgehead atoms. The quantitative estimate of drug-likeness (QED) is 0.769. The number of nitrogens with one attached hydrogen (secondary N) is 1. The van der Waals surface area contributed by atoms with Gasteiger partial charge in [-0.05, 0) is 38.0 Å². The van der Waals surface area contributed by atoms with Crippen LogP contribution in [0.3, 0.4) is 0 Å². The number of aliphatic hydroxyl groups excluding tert-OH is 1. The Morgan fingerprint density at radius 1 is 1.30 bits per heavy atom. The molecule has 4 heteroatoms. The molecule has 1 aromatic carbocycles. The zero-order valence-electron chi connectivity index (χ0n) is 12.6. The molecular formula is C16H25NO3. The van der Waals surface area contributed by atoms with Crippen molar-refractivity contribution in [2.24, 2.45) is 0 Å². The van der Waals surface area contributed by atoms with Crippen LogP contribution in [0.15, 0.2) is 24.3 Å². The van der Waals surface area contributed by atoms with Crippen LogP contribution in [0.4, 0.5) is 0 Å². The van der Waals surface area contributed by atoms with Gasteiger partial charge in [0, 0.05) is 13.0 Å². The van der Waals surface area contributed by atoms with Gasteiger partial charge in [0.25, 0.3) is 0 Å². The summed E-state index contributed by atoms with van der Waals surface area (Å²) in [4.78, 5) is 11.5. The fourth-order valence-electron chi connectivity index (χ4n) is 1.79. The zero-order valence-corrected chi connectivity index (χ0v) is 12.6. The molecule has 1 aromatic rings. The van der Waals surface area contributed by atoms with E-state index in [-0.39, 0.29) is 18.6 Å². The standard InChI is InChI=1S/C16H25NO3/c1-4-5-6-16(19)17-11-15(18)13-7-9-14(10-8-13)20-12(2)3/h7-10,12,15,18H,4-6,11H2,1-3H3,(H,17,19). The minimum atomic E-state index is -0.686. The third-order valence-corrected chi connectivity index (χ3v) is 2.89. The number of benzene rings is 1. The van der Waals surface area contributed by atoms with E-state index in [1.807, 2.05) is 45.0 Å². The van der Waals surface area contributed by atoms with Crippen molar-refractivity contribution in [3.63, 3.8) is 0 Å². The number of unbranched alkanes of at least 4 members (excludes halogenated alkanes) is 1. The summed E-state index contributed by atoms with van der Waals surface area (Å²) in [6, 6.07) is 7.30. The van der Waals surface area contributed by atoms with E-state index in [2.05, 4.69) is 5.32 Å². The van der Waals surface area contributed by atoms with Crippen LogP contribution in [0.5, 0.6) is 5.75 Å². The predicted molar refractivity (Wildman–Crippen MR) is 79.7 cm³/mol. The summed E-state index contributed by atoms with van der Waals surface area (Å²) < 4.78 is 5.54. The van der Waals surface area contributed by atoms with Crippen molar-refractivity contribution in [1.29, 1.82) is 0 Å². The van der Waals surface area contributed by atoms with Crippen molar-refractivity contribution in [2.45, 2.75) is 52.2 Å².